The molecule has 0 unspecified atom stereocenters. The van der Waals surface area contributed by atoms with Crippen LogP contribution in [-0.4, -0.2) is 29.7 Å². The van der Waals surface area contributed by atoms with Gasteiger partial charge in [0.15, 0.2) is 5.11 Å². The van der Waals surface area contributed by atoms with Gasteiger partial charge in [-0.05, 0) is 73.2 Å². The first kappa shape index (κ1) is 26.2. The van der Waals surface area contributed by atoms with E-state index in [1.165, 1.54) is 7.11 Å². The predicted molar refractivity (Wildman–Crippen MR) is 154 cm³/mol. The van der Waals surface area contributed by atoms with E-state index >= 15 is 0 Å². The number of methoxy groups -OCH3 is 1. The van der Waals surface area contributed by atoms with Gasteiger partial charge in [0.1, 0.15) is 24.2 Å². The second-order valence-corrected chi connectivity index (χ2v) is 9.96. The van der Waals surface area contributed by atoms with Crippen molar-refractivity contribution in [2.75, 3.05) is 23.9 Å². The van der Waals surface area contributed by atoms with Crippen molar-refractivity contribution >= 4 is 57.8 Å². The highest BCUT2D eigenvalue weighted by molar-refractivity contribution is 7.80. The lowest BCUT2D eigenvalue weighted by molar-refractivity contribution is -0.119. The largest absolute Gasteiger partial charge is 0.459 e. The van der Waals surface area contributed by atoms with Crippen LogP contribution in [-0.2, 0) is 9.53 Å². The van der Waals surface area contributed by atoms with Gasteiger partial charge >= 0.3 is 0 Å². The molecule has 4 aromatic rings. The summed E-state index contributed by atoms with van der Waals surface area (Å²) in [6.45, 7) is 1.89. The highest BCUT2D eigenvalue weighted by atomic mass is 35.5. The fourth-order valence-corrected chi connectivity index (χ4v) is 5.27. The topological polar surface area (TPSA) is 79.6 Å². The fourth-order valence-electron chi connectivity index (χ4n) is 4.53. The normalized spacial score (nSPS) is 16.9. The van der Waals surface area contributed by atoms with Crippen molar-refractivity contribution < 1.29 is 13.9 Å². The number of furan rings is 1. The SMILES string of the molecule is COCC(=O)Nc1ccc(N2C(=S)N[C@H](c3ccccn3)[C@@H]2c2ccc(-c3cccc(Cl)c3C)o2)cc1Cl. The van der Waals surface area contributed by atoms with Crippen LogP contribution in [0.15, 0.2) is 77.3 Å². The zero-order chi connectivity index (χ0) is 26.8. The van der Waals surface area contributed by atoms with Gasteiger partial charge in [-0.3, -0.25) is 9.78 Å². The van der Waals surface area contributed by atoms with Gasteiger partial charge in [0.05, 0.1) is 22.4 Å². The summed E-state index contributed by atoms with van der Waals surface area (Å²) >= 11 is 18.7. The van der Waals surface area contributed by atoms with E-state index in [1.807, 2.05) is 66.4 Å². The number of carbonyl (C=O) groups is 1. The number of nitrogens with one attached hydrogen (secondary N) is 2. The van der Waals surface area contributed by atoms with Gasteiger partial charge in [0, 0.05) is 29.6 Å². The summed E-state index contributed by atoms with van der Waals surface area (Å²) in [4.78, 5) is 18.5. The average Bonchev–Trinajstić information content (AvgIpc) is 3.52. The Balaban J connectivity index is 1.55. The van der Waals surface area contributed by atoms with E-state index < -0.39 is 0 Å². The monoisotopic (exact) mass is 566 g/mol. The number of nitrogens with zero attached hydrogens (tertiary/aromatic N) is 2. The summed E-state index contributed by atoms with van der Waals surface area (Å²) in [6, 6.07) is 20.1. The predicted octanol–water partition coefficient (Wildman–Crippen LogP) is 6.72. The number of pyridine rings is 1. The molecule has 1 aliphatic heterocycles. The Hall–Kier alpha value is -3.43. The summed E-state index contributed by atoms with van der Waals surface area (Å²) in [5.41, 5.74) is 3.87. The molecule has 0 radical (unpaired) electrons. The van der Waals surface area contributed by atoms with E-state index in [-0.39, 0.29) is 24.6 Å². The van der Waals surface area contributed by atoms with Crippen LogP contribution in [0.2, 0.25) is 10.0 Å². The Morgan fingerprint density at radius 3 is 2.71 bits per heavy atom. The number of hydrogen-bond acceptors (Lipinski definition) is 5. The van der Waals surface area contributed by atoms with Gasteiger partial charge in [0.2, 0.25) is 5.91 Å². The summed E-state index contributed by atoms with van der Waals surface area (Å²) < 4.78 is 11.3. The molecule has 1 aliphatic rings. The number of halogens is 2. The molecule has 1 saturated heterocycles. The third kappa shape index (κ3) is 5.13. The molecule has 0 spiro atoms. The third-order valence-electron chi connectivity index (χ3n) is 6.33. The number of ether oxygens (including phenoxy) is 1. The lowest BCUT2D eigenvalue weighted by Gasteiger charge is -2.26. The molecule has 1 fully saturated rings. The van der Waals surface area contributed by atoms with Gasteiger partial charge in [0.25, 0.3) is 0 Å². The molecule has 1 amide bonds. The first-order chi connectivity index (χ1) is 18.4. The number of rotatable bonds is 7. The van der Waals surface area contributed by atoms with Crippen LogP contribution in [0.5, 0.6) is 0 Å². The van der Waals surface area contributed by atoms with Crippen LogP contribution in [0.1, 0.15) is 29.1 Å². The second-order valence-electron chi connectivity index (χ2n) is 8.76. The maximum absolute atomic E-state index is 12.0. The maximum atomic E-state index is 12.0. The van der Waals surface area contributed by atoms with E-state index in [0.29, 0.717) is 32.4 Å². The Labute approximate surface area is 235 Å². The van der Waals surface area contributed by atoms with E-state index in [9.17, 15) is 4.79 Å². The Morgan fingerprint density at radius 1 is 1.13 bits per heavy atom. The highest BCUT2D eigenvalue weighted by Crippen LogP contribution is 2.44. The van der Waals surface area contributed by atoms with Crippen LogP contribution >= 0.6 is 35.4 Å². The molecule has 2 aromatic carbocycles. The van der Waals surface area contributed by atoms with Crippen LogP contribution in [0, 0.1) is 6.92 Å². The van der Waals surface area contributed by atoms with Crippen LogP contribution in [0.25, 0.3) is 11.3 Å². The summed E-state index contributed by atoms with van der Waals surface area (Å²) in [7, 11) is 1.46. The number of anilines is 2. The molecule has 2 N–H and O–H groups in total. The van der Waals surface area contributed by atoms with Gasteiger partial charge in [-0.1, -0.05) is 41.4 Å². The molecule has 0 aliphatic carbocycles. The molecule has 38 heavy (non-hydrogen) atoms. The minimum Gasteiger partial charge on any atom is -0.459 e. The second kappa shape index (κ2) is 11.1. The summed E-state index contributed by atoms with van der Waals surface area (Å²) in [5.74, 6) is 1.09. The number of aromatic nitrogens is 1. The molecule has 5 rings (SSSR count). The van der Waals surface area contributed by atoms with Crippen molar-refractivity contribution in [3.05, 3.63) is 100.0 Å². The zero-order valence-corrected chi connectivity index (χ0v) is 22.9. The van der Waals surface area contributed by atoms with Crippen molar-refractivity contribution in [1.29, 1.82) is 0 Å². The number of amides is 1. The molecular formula is C28H24Cl2N4O3S. The molecule has 3 heterocycles. The summed E-state index contributed by atoms with van der Waals surface area (Å²) in [6.07, 6.45) is 1.75. The Morgan fingerprint density at radius 2 is 1.97 bits per heavy atom. The van der Waals surface area contributed by atoms with E-state index in [2.05, 4.69) is 15.6 Å². The van der Waals surface area contributed by atoms with Crippen LogP contribution in [0.4, 0.5) is 11.4 Å². The van der Waals surface area contributed by atoms with Crippen LogP contribution < -0.4 is 15.5 Å². The van der Waals surface area contributed by atoms with Crippen molar-refractivity contribution in [2.45, 2.75) is 19.0 Å². The average molecular weight is 567 g/mol. The molecule has 2 atom stereocenters. The standard InChI is InChI=1S/C28H24Cl2N4O3S/c1-16-18(6-5-7-19(16)29)23-11-12-24(37-23)27-26(22-8-3-4-13-31-22)33-28(38)34(27)17-9-10-21(20(30)14-17)32-25(35)15-36-2/h3-14,26-27H,15H2,1-2H3,(H,32,35)(H,33,38)/t26-,27+/m1/s1. The first-order valence-electron chi connectivity index (χ1n) is 11.8. The van der Waals surface area contributed by atoms with E-state index in [0.717, 1.165) is 22.5 Å². The molecule has 0 bridgehead atoms. The lowest BCUT2D eigenvalue weighted by Crippen LogP contribution is -2.29. The van der Waals surface area contributed by atoms with Crippen molar-refractivity contribution in [3.8, 4) is 11.3 Å². The quantitative estimate of drug-likeness (QED) is 0.240. The van der Waals surface area contributed by atoms with Crippen molar-refractivity contribution in [3.63, 3.8) is 0 Å². The van der Waals surface area contributed by atoms with E-state index in [4.69, 9.17) is 44.6 Å². The minimum absolute atomic E-state index is 0.0705. The number of thiocarbonyl (C=S) groups is 1. The highest BCUT2D eigenvalue weighted by Gasteiger charge is 2.42. The molecule has 10 heteroatoms. The fraction of sp³-hybridized carbons (Fsp3) is 0.179. The number of hydrogen-bond donors (Lipinski definition) is 2. The molecule has 0 saturated carbocycles. The van der Waals surface area contributed by atoms with Gasteiger partial charge in [-0.2, -0.15) is 0 Å². The summed E-state index contributed by atoms with van der Waals surface area (Å²) in [5, 5.41) is 7.68. The van der Waals surface area contributed by atoms with Gasteiger partial charge in [-0.15, -0.1) is 0 Å². The molecule has 7 nitrogen and oxygen atoms in total. The number of benzene rings is 2. The number of carbonyl (C=O) groups excluding carboxylic acids is 1. The smallest absolute Gasteiger partial charge is 0.250 e. The third-order valence-corrected chi connectivity index (χ3v) is 7.37. The molecular weight excluding hydrogens is 543 g/mol. The van der Waals surface area contributed by atoms with Crippen molar-refractivity contribution in [1.82, 2.24) is 10.3 Å². The zero-order valence-electron chi connectivity index (χ0n) is 20.6. The van der Waals surface area contributed by atoms with Crippen LogP contribution in [0.3, 0.4) is 0 Å². The first-order valence-corrected chi connectivity index (χ1v) is 13.0. The van der Waals surface area contributed by atoms with Gasteiger partial charge in [-0.25, -0.2) is 0 Å². The minimum atomic E-state index is -0.365. The van der Waals surface area contributed by atoms with Gasteiger partial charge < -0.3 is 24.7 Å². The molecule has 194 valence electrons. The Kier molecular flexibility index (Phi) is 7.67. The molecule has 2 aromatic heterocycles. The Bertz CT molecular complexity index is 1490. The maximum Gasteiger partial charge on any atom is 0.250 e. The van der Waals surface area contributed by atoms with E-state index in [1.54, 1.807) is 18.3 Å². The van der Waals surface area contributed by atoms with Crippen molar-refractivity contribution in [2.24, 2.45) is 0 Å². The lowest BCUT2D eigenvalue weighted by atomic mass is 10.0.